The summed E-state index contributed by atoms with van der Waals surface area (Å²) in [5.74, 6) is 0.118. The van der Waals surface area contributed by atoms with Crippen molar-refractivity contribution in [1.82, 2.24) is 10.1 Å². The highest BCUT2D eigenvalue weighted by Crippen LogP contribution is 2.17. The minimum absolute atomic E-state index is 0.0524. The number of benzene rings is 1. The third-order valence-electron chi connectivity index (χ3n) is 3.68. The Hall–Kier alpha value is -2.63. The first-order valence-corrected chi connectivity index (χ1v) is 7.61. The Kier molecular flexibility index (Phi) is 5.16. The molecule has 0 spiro atoms. The summed E-state index contributed by atoms with van der Waals surface area (Å²) in [7, 11) is 0. The number of hydrogen-bond acceptors (Lipinski definition) is 4. The molecule has 0 unspecified atom stereocenters. The zero-order valence-electron chi connectivity index (χ0n) is 13.8. The molecule has 0 aliphatic heterocycles. The Morgan fingerprint density at radius 3 is 2.48 bits per heavy atom. The van der Waals surface area contributed by atoms with Crippen LogP contribution in [0.15, 0.2) is 28.8 Å². The predicted molar refractivity (Wildman–Crippen MR) is 87.6 cm³/mol. The van der Waals surface area contributed by atoms with Gasteiger partial charge >= 0.3 is 0 Å². The lowest BCUT2D eigenvalue weighted by molar-refractivity contribution is 0.0772. The summed E-state index contributed by atoms with van der Waals surface area (Å²) in [4.78, 5) is 26.4. The molecule has 0 radical (unpaired) electrons. The summed E-state index contributed by atoms with van der Waals surface area (Å²) in [6.07, 6.45) is 0. The third kappa shape index (κ3) is 3.59. The van der Waals surface area contributed by atoms with Crippen molar-refractivity contribution in [3.8, 4) is 0 Å². The van der Waals surface area contributed by atoms with E-state index in [-0.39, 0.29) is 11.8 Å². The molecule has 0 fully saturated rings. The van der Waals surface area contributed by atoms with Crippen LogP contribution in [0.5, 0.6) is 0 Å². The second-order valence-corrected chi connectivity index (χ2v) is 5.21. The Morgan fingerprint density at radius 1 is 1.22 bits per heavy atom. The van der Waals surface area contributed by atoms with Crippen molar-refractivity contribution in [2.75, 3.05) is 18.4 Å². The van der Waals surface area contributed by atoms with Gasteiger partial charge in [0.1, 0.15) is 11.3 Å². The highest BCUT2D eigenvalue weighted by molar-refractivity contribution is 6.06. The molecule has 0 saturated heterocycles. The van der Waals surface area contributed by atoms with Crippen LogP contribution in [0, 0.1) is 13.8 Å². The van der Waals surface area contributed by atoms with Crippen molar-refractivity contribution in [2.24, 2.45) is 0 Å². The molecule has 0 aliphatic carbocycles. The molecular formula is C17H21N3O3. The highest BCUT2D eigenvalue weighted by Gasteiger charge is 2.18. The van der Waals surface area contributed by atoms with Crippen LogP contribution in [0.4, 0.5) is 5.69 Å². The fourth-order valence-corrected chi connectivity index (χ4v) is 2.42. The van der Waals surface area contributed by atoms with E-state index in [1.54, 1.807) is 43.0 Å². The average molecular weight is 315 g/mol. The van der Waals surface area contributed by atoms with Crippen LogP contribution in [-0.2, 0) is 0 Å². The van der Waals surface area contributed by atoms with Crippen LogP contribution in [-0.4, -0.2) is 35.0 Å². The number of carbonyl (C=O) groups excluding carboxylic acids is 2. The molecule has 2 amide bonds. The molecule has 0 atom stereocenters. The maximum atomic E-state index is 12.4. The van der Waals surface area contributed by atoms with Gasteiger partial charge in [-0.15, -0.1) is 0 Å². The fourth-order valence-electron chi connectivity index (χ4n) is 2.42. The Morgan fingerprint density at radius 2 is 1.91 bits per heavy atom. The van der Waals surface area contributed by atoms with E-state index in [0.717, 1.165) is 0 Å². The number of anilines is 1. The van der Waals surface area contributed by atoms with E-state index in [2.05, 4.69) is 10.5 Å². The van der Waals surface area contributed by atoms with Gasteiger partial charge in [-0.1, -0.05) is 11.2 Å². The molecule has 6 heteroatoms. The molecule has 2 rings (SSSR count). The number of carbonyl (C=O) groups is 2. The molecule has 1 aromatic heterocycles. The normalized spacial score (nSPS) is 10.4. The van der Waals surface area contributed by atoms with Gasteiger partial charge in [0, 0.05) is 24.3 Å². The number of aryl methyl sites for hydroxylation is 2. The Balaban J connectivity index is 2.20. The van der Waals surface area contributed by atoms with Gasteiger partial charge in [-0.05, 0) is 45.9 Å². The number of aromatic nitrogens is 1. The van der Waals surface area contributed by atoms with Crippen LogP contribution in [0.25, 0.3) is 0 Å². The van der Waals surface area contributed by atoms with Crippen molar-refractivity contribution < 1.29 is 14.1 Å². The maximum Gasteiger partial charge on any atom is 0.261 e. The molecule has 1 aromatic carbocycles. The van der Waals surface area contributed by atoms with Crippen LogP contribution in [0.1, 0.15) is 46.0 Å². The molecule has 6 nitrogen and oxygen atoms in total. The Bertz CT molecular complexity index is 698. The molecule has 2 aromatic rings. The summed E-state index contributed by atoms with van der Waals surface area (Å²) in [5.41, 5.74) is 2.07. The average Bonchev–Trinajstić information content (AvgIpc) is 2.87. The van der Waals surface area contributed by atoms with Gasteiger partial charge in [-0.25, -0.2) is 0 Å². The molecular weight excluding hydrogens is 294 g/mol. The molecule has 0 bridgehead atoms. The van der Waals surface area contributed by atoms with Gasteiger partial charge in [-0.2, -0.15) is 0 Å². The van der Waals surface area contributed by atoms with Crippen LogP contribution >= 0.6 is 0 Å². The molecule has 23 heavy (non-hydrogen) atoms. The van der Waals surface area contributed by atoms with E-state index in [1.807, 2.05) is 13.8 Å². The predicted octanol–water partition coefficient (Wildman–Crippen LogP) is 3.03. The number of hydrogen-bond donors (Lipinski definition) is 1. The molecule has 0 aliphatic rings. The molecule has 0 saturated carbocycles. The van der Waals surface area contributed by atoms with E-state index >= 15 is 0 Å². The van der Waals surface area contributed by atoms with Crippen molar-refractivity contribution >= 4 is 17.5 Å². The molecule has 1 N–H and O–H groups in total. The van der Waals surface area contributed by atoms with Crippen molar-refractivity contribution in [3.05, 3.63) is 46.8 Å². The summed E-state index contributed by atoms with van der Waals surface area (Å²) < 4.78 is 5.01. The first kappa shape index (κ1) is 16.7. The summed E-state index contributed by atoms with van der Waals surface area (Å²) in [6, 6.07) is 6.91. The largest absolute Gasteiger partial charge is 0.361 e. The summed E-state index contributed by atoms with van der Waals surface area (Å²) in [5, 5.41) is 6.56. The van der Waals surface area contributed by atoms with E-state index in [4.69, 9.17) is 4.52 Å². The second-order valence-electron chi connectivity index (χ2n) is 5.21. The zero-order chi connectivity index (χ0) is 17.0. The van der Waals surface area contributed by atoms with Gasteiger partial charge in [0.25, 0.3) is 11.8 Å². The van der Waals surface area contributed by atoms with E-state index in [9.17, 15) is 9.59 Å². The van der Waals surface area contributed by atoms with Crippen LogP contribution in [0.3, 0.4) is 0 Å². The van der Waals surface area contributed by atoms with Gasteiger partial charge in [0.05, 0.1) is 5.69 Å². The minimum atomic E-state index is -0.298. The topological polar surface area (TPSA) is 75.4 Å². The van der Waals surface area contributed by atoms with Crippen molar-refractivity contribution in [3.63, 3.8) is 0 Å². The maximum absolute atomic E-state index is 12.4. The van der Waals surface area contributed by atoms with Gasteiger partial charge in [0.15, 0.2) is 0 Å². The van der Waals surface area contributed by atoms with E-state index < -0.39 is 0 Å². The number of rotatable bonds is 5. The first-order valence-electron chi connectivity index (χ1n) is 7.61. The standard InChI is InChI=1S/C17H21N3O3/c1-5-20(6-2)17(22)13-8-7-9-14(10-13)18-16(21)15-11(3)19-23-12(15)4/h7-10H,5-6H2,1-4H3,(H,18,21). The van der Waals surface area contributed by atoms with Crippen molar-refractivity contribution in [2.45, 2.75) is 27.7 Å². The van der Waals surface area contributed by atoms with Crippen LogP contribution in [0.2, 0.25) is 0 Å². The lowest BCUT2D eigenvalue weighted by atomic mass is 10.1. The number of amides is 2. The third-order valence-corrected chi connectivity index (χ3v) is 3.68. The van der Waals surface area contributed by atoms with E-state index in [1.165, 1.54) is 0 Å². The van der Waals surface area contributed by atoms with Crippen molar-refractivity contribution in [1.29, 1.82) is 0 Å². The Labute approximate surface area is 135 Å². The highest BCUT2D eigenvalue weighted by atomic mass is 16.5. The summed E-state index contributed by atoms with van der Waals surface area (Å²) >= 11 is 0. The van der Waals surface area contributed by atoms with Gasteiger partial charge in [0.2, 0.25) is 0 Å². The number of nitrogens with zero attached hydrogens (tertiary/aromatic N) is 2. The SMILES string of the molecule is CCN(CC)C(=O)c1cccc(NC(=O)c2c(C)noc2C)c1. The monoisotopic (exact) mass is 315 g/mol. The second kappa shape index (κ2) is 7.09. The minimum Gasteiger partial charge on any atom is -0.361 e. The van der Waals surface area contributed by atoms with Gasteiger partial charge < -0.3 is 14.7 Å². The smallest absolute Gasteiger partial charge is 0.261 e. The molecule has 122 valence electrons. The van der Waals surface area contributed by atoms with E-state index in [0.29, 0.717) is 41.4 Å². The lowest BCUT2D eigenvalue weighted by Crippen LogP contribution is -2.30. The lowest BCUT2D eigenvalue weighted by Gasteiger charge is -2.19. The first-order chi connectivity index (χ1) is 11.0. The molecule has 1 heterocycles. The van der Waals surface area contributed by atoms with Gasteiger partial charge in [-0.3, -0.25) is 9.59 Å². The fraction of sp³-hybridized carbons (Fsp3) is 0.353. The van der Waals surface area contributed by atoms with Crippen LogP contribution < -0.4 is 5.32 Å². The zero-order valence-corrected chi connectivity index (χ0v) is 13.8. The number of nitrogens with one attached hydrogen (secondary N) is 1. The quantitative estimate of drug-likeness (QED) is 0.920. The summed E-state index contributed by atoms with van der Waals surface area (Å²) in [6.45, 7) is 8.56.